The number of likely N-dealkylation sites (N-methyl/N-ethyl adjacent to an activating group) is 1. The summed E-state index contributed by atoms with van der Waals surface area (Å²) in [6.45, 7) is 5.22. The highest BCUT2D eigenvalue weighted by atomic mass is 16.5. The maximum Gasteiger partial charge on any atom is 0.236 e. The zero-order valence-electron chi connectivity index (χ0n) is 10.4. The molecule has 0 rings (SSSR count). The number of rotatable bonds is 8. The van der Waals surface area contributed by atoms with E-state index in [1.54, 1.807) is 12.0 Å². The summed E-state index contributed by atoms with van der Waals surface area (Å²) in [5, 5.41) is 2.99. The van der Waals surface area contributed by atoms with Gasteiger partial charge in [-0.15, -0.1) is 0 Å². The Labute approximate surface area is 93.0 Å². The van der Waals surface area contributed by atoms with Crippen molar-refractivity contribution >= 4 is 5.91 Å². The molecule has 0 aliphatic rings. The first kappa shape index (κ1) is 14.4. The van der Waals surface area contributed by atoms with Crippen LogP contribution >= 0.6 is 0 Å². The van der Waals surface area contributed by atoms with E-state index in [-0.39, 0.29) is 12.1 Å². The third-order valence-corrected chi connectivity index (χ3v) is 2.42. The van der Waals surface area contributed by atoms with Gasteiger partial charge in [-0.1, -0.05) is 19.8 Å². The molecule has 1 unspecified atom stereocenters. The number of nitrogens with zero attached hydrogens (tertiary/aromatic N) is 1. The van der Waals surface area contributed by atoms with E-state index in [9.17, 15) is 4.79 Å². The number of nitrogens with one attached hydrogen (secondary N) is 1. The zero-order valence-corrected chi connectivity index (χ0v) is 10.4. The van der Waals surface area contributed by atoms with E-state index < -0.39 is 0 Å². The summed E-state index contributed by atoms with van der Waals surface area (Å²) in [4.78, 5) is 13.3. The van der Waals surface area contributed by atoms with Gasteiger partial charge in [-0.3, -0.25) is 10.1 Å². The Morgan fingerprint density at radius 3 is 2.67 bits per heavy atom. The van der Waals surface area contributed by atoms with Crippen LogP contribution in [0.2, 0.25) is 0 Å². The lowest BCUT2D eigenvalue weighted by Gasteiger charge is -2.18. The molecule has 4 nitrogen and oxygen atoms in total. The summed E-state index contributed by atoms with van der Waals surface area (Å²) in [6, 6.07) is 0. The molecule has 0 fully saturated rings. The minimum Gasteiger partial charge on any atom is -0.367 e. The van der Waals surface area contributed by atoms with Crippen molar-refractivity contribution in [2.75, 3.05) is 27.2 Å². The number of methoxy groups -OCH3 is 1. The Bertz CT molecular complexity index is 174. The van der Waals surface area contributed by atoms with Crippen molar-refractivity contribution in [2.24, 2.45) is 0 Å². The molecule has 0 aromatic heterocycles. The molecular formula is C11H24N2O2. The maximum absolute atomic E-state index is 11.6. The predicted octanol–water partition coefficient (Wildman–Crippen LogP) is 1.22. The van der Waals surface area contributed by atoms with Gasteiger partial charge >= 0.3 is 0 Å². The third-order valence-electron chi connectivity index (χ3n) is 2.42. The SMILES string of the molecule is CCCCCN(C)C(=O)CNC(C)OC. The van der Waals surface area contributed by atoms with Gasteiger partial charge in [-0.25, -0.2) is 0 Å². The molecule has 0 aromatic carbocycles. The minimum atomic E-state index is -0.0713. The summed E-state index contributed by atoms with van der Waals surface area (Å²) >= 11 is 0. The molecule has 0 bridgehead atoms. The molecular weight excluding hydrogens is 192 g/mol. The molecule has 0 radical (unpaired) electrons. The van der Waals surface area contributed by atoms with E-state index in [4.69, 9.17) is 4.74 Å². The Morgan fingerprint density at radius 1 is 1.47 bits per heavy atom. The van der Waals surface area contributed by atoms with Gasteiger partial charge in [0.25, 0.3) is 0 Å². The first-order valence-electron chi connectivity index (χ1n) is 5.62. The van der Waals surface area contributed by atoms with Crippen LogP contribution in [0.1, 0.15) is 33.1 Å². The number of hydrogen-bond donors (Lipinski definition) is 1. The fourth-order valence-electron chi connectivity index (χ4n) is 1.17. The lowest BCUT2D eigenvalue weighted by Crippen LogP contribution is -2.40. The molecule has 0 aliphatic heterocycles. The van der Waals surface area contributed by atoms with Gasteiger partial charge in [-0.2, -0.15) is 0 Å². The van der Waals surface area contributed by atoms with E-state index in [2.05, 4.69) is 12.2 Å². The molecule has 1 N–H and O–H groups in total. The average Bonchev–Trinajstić information content (AvgIpc) is 2.25. The van der Waals surface area contributed by atoms with Crippen LogP contribution in [-0.4, -0.2) is 44.3 Å². The van der Waals surface area contributed by atoms with Crippen LogP contribution in [0.25, 0.3) is 0 Å². The topological polar surface area (TPSA) is 41.6 Å². The van der Waals surface area contributed by atoms with Crippen LogP contribution in [0.3, 0.4) is 0 Å². The van der Waals surface area contributed by atoms with Crippen molar-refractivity contribution in [2.45, 2.75) is 39.3 Å². The molecule has 0 heterocycles. The third kappa shape index (κ3) is 7.33. The van der Waals surface area contributed by atoms with Gasteiger partial charge in [0.05, 0.1) is 6.54 Å². The van der Waals surface area contributed by atoms with Crippen molar-refractivity contribution in [3.63, 3.8) is 0 Å². The monoisotopic (exact) mass is 216 g/mol. The number of ether oxygens (including phenoxy) is 1. The molecule has 0 saturated heterocycles. The van der Waals surface area contributed by atoms with Crippen LogP contribution in [0.15, 0.2) is 0 Å². The second-order valence-electron chi connectivity index (χ2n) is 3.78. The molecule has 90 valence electrons. The summed E-state index contributed by atoms with van der Waals surface area (Å²) in [5.74, 6) is 0.120. The fraction of sp³-hybridized carbons (Fsp3) is 0.909. The van der Waals surface area contributed by atoms with Crippen LogP contribution in [-0.2, 0) is 9.53 Å². The highest BCUT2D eigenvalue weighted by Crippen LogP contribution is 1.96. The van der Waals surface area contributed by atoms with E-state index >= 15 is 0 Å². The standard InChI is InChI=1S/C11H24N2O2/c1-5-6-7-8-13(3)11(14)9-12-10(2)15-4/h10,12H,5-9H2,1-4H3. The highest BCUT2D eigenvalue weighted by molar-refractivity contribution is 5.77. The molecule has 0 spiro atoms. The van der Waals surface area contributed by atoms with Crippen LogP contribution in [0.4, 0.5) is 0 Å². The quantitative estimate of drug-likeness (QED) is 0.490. The van der Waals surface area contributed by atoms with Gasteiger partial charge in [0, 0.05) is 20.7 Å². The number of carbonyl (C=O) groups excluding carboxylic acids is 1. The minimum absolute atomic E-state index is 0.0713. The number of hydrogen-bond acceptors (Lipinski definition) is 3. The van der Waals surface area contributed by atoms with Gasteiger partial charge in [-0.05, 0) is 13.3 Å². The van der Waals surface area contributed by atoms with Crippen molar-refractivity contribution in [1.29, 1.82) is 0 Å². The zero-order chi connectivity index (χ0) is 11.7. The molecule has 0 aliphatic carbocycles. The summed E-state index contributed by atoms with van der Waals surface area (Å²) in [7, 11) is 3.46. The molecule has 15 heavy (non-hydrogen) atoms. The van der Waals surface area contributed by atoms with E-state index in [0.717, 1.165) is 13.0 Å². The van der Waals surface area contributed by atoms with Gasteiger partial charge in [0.1, 0.15) is 6.23 Å². The van der Waals surface area contributed by atoms with Gasteiger partial charge in [0.15, 0.2) is 0 Å². The maximum atomic E-state index is 11.6. The molecule has 4 heteroatoms. The van der Waals surface area contributed by atoms with Gasteiger partial charge < -0.3 is 9.64 Å². The van der Waals surface area contributed by atoms with Crippen LogP contribution in [0.5, 0.6) is 0 Å². The smallest absolute Gasteiger partial charge is 0.236 e. The Balaban J connectivity index is 3.60. The van der Waals surface area contributed by atoms with Gasteiger partial charge in [0.2, 0.25) is 5.91 Å². The summed E-state index contributed by atoms with van der Waals surface area (Å²) < 4.78 is 5.00. The van der Waals surface area contributed by atoms with Crippen molar-refractivity contribution in [3.8, 4) is 0 Å². The van der Waals surface area contributed by atoms with E-state index in [1.165, 1.54) is 12.8 Å². The first-order chi connectivity index (χ1) is 7.11. The second kappa shape index (κ2) is 8.68. The Morgan fingerprint density at radius 2 is 2.13 bits per heavy atom. The first-order valence-corrected chi connectivity index (χ1v) is 5.62. The van der Waals surface area contributed by atoms with E-state index in [1.807, 2.05) is 14.0 Å². The average molecular weight is 216 g/mol. The van der Waals surface area contributed by atoms with E-state index in [0.29, 0.717) is 6.54 Å². The summed E-state index contributed by atoms with van der Waals surface area (Å²) in [6.07, 6.45) is 3.37. The largest absolute Gasteiger partial charge is 0.367 e. The number of unbranched alkanes of at least 4 members (excludes halogenated alkanes) is 2. The normalized spacial score (nSPS) is 12.5. The predicted molar refractivity (Wildman–Crippen MR) is 61.6 cm³/mol. The summed E-state index contributed by atoms with van der Waals surface area (Å²) in [5.41, 5.74) is 0. The highest BCUT2D eigenvalue weighted by Gasteiger charge is 2.08. The van der Waals surface area contributed by atoms with Crippen molar-refractivity contribution < 1.29 is 9.53 Å². The van der Waals surface area contributed by atoms with Crippen LogP contribution in [0, 0.1) is 0 Å². The molecule has 0 saturated carbocycles. The molecule has 0 aromatic rings. The fourth-order valence-corrected chi connectivity index (χ4v) is 1.17. The number of carbonyl (C=O) groups is 1. The van der Waals surface area contributed by atoms with Crippen LogP contribution < -0.4 is 5.32 Å². The molecule has 1 atom stereocenters. The lowest BCUT2D eigenvalue weighted by molar-refractivity contribution is -0.129. The number of amides is 1. The Hall–Kier alpha value is -0.610. The van der Waals surface area contributed by atoms with Crippen molar-refractivity contribution in [3.05, 3.63) is 0 Å². The molecule has 1 amide bonds. The lowest BCUT2D eigenvalue weighted by atomic mass is 10.2. The second-order valence-corrected chi connectivity index (χ2v) is 3.78. The van der Waals surface area contributed by atoms with Crippen molar-refractivity contribution in [1.82, 2.24) is 10.2 Å². The Kier molecular flexibility index (Phi) is 8.33.